The number of aliphatic imine (C=N–C) groups is 1. The molecule has 1 atom stereocenters. The first-order chi connectivity index (χ1) is 8.58. The Kier molecular flexibility index (Phi) is 6.47. The molecule has 1 saturated heterocycles. The molecule has 0 bridgehead atoms. The minimum atomic E-state index is 0.600. The van der Waals surface area contributed by atoms with Gasteiger partial charge >= 0.3 is 0 Å². The number of nitrogens with zero attached hydrogens (tertiary/aromatic N) is 2. The predicted molar refractivity (Wildman–Crippen MR) is 79.0 cm³/mol. The summed E-state index contributed by atoms with van der Waals surface area (Å²) >= 11 is 0. The quantitative estimate of drug-likeness (QED) is 0.590. The van der Waals surface area contributed by atoms with Gasteiger partial charge in [0, 0.05) is 26.7 Å². The van der Waals surface area contributed by atoms with Gasteiger partial charge in [0.25, 0.3) is 0 Å². The van der Waals surface area contributed by atoms with Crippen molar-refractivity contribution in [2.45, 2.75) is 39.7 Å². The highest BCUT2D eigenvalue weighted by Crippen LogP contribution is 2.20. The Hall–Kier alpha value is -0.770. The molecule has 4 nitrogen and oxygen atoms in total. The van der Waals surface area contributed by atoms with E-state index >= 15 is 0 Å². The van der Waals surface area contributed by atoms with Crippen molar-refractivity contribution in [1.82, 2.24) is 15.5 Å². The fraction of sp³-hybridized carbons (Fsp3) is 0.929. The molecule has 0 aromatic carbocycles. The average molecular weight is 254 g/mol. The van der Waals surface area contributed by atoms with Gasteiger partial charge in [-0.25, -0.2) is 0 Å². The zero-order valence-electron chi connectivity index (χ0n) is 12.7. The maximum atomic E-state index is 4.17. The summed E-state index contributed by atoms with van der Waals surface area (Å²) < 4.78 is 0. The Morgan fingerprint density at radius 3 is 2.39 bits per heavy atom. The SMILES string of the molecule is CN=C(NC)NCC(C(C)C)N1CCC(C)CC1. The molecule has 1 aliphatic heterocycles. The van der Waals surface area contributed by atoms with Gasteiger partial charge in [0.2, 0.25) is 0 Å². The number of hydrogen-bond acceptors (Lipinski definition) is 2. The van der Waals surface area contributed by atoms with Crippen molar-refractivity contribution < 1.29 is 0 Å². The third-order valence-corrected chi connectivity index (χ3v) is 4.00. The summed E-state index contributed by atoms with van der Waals surface area (Å²) in [6.07, 6.45) is 2.67. The van der Waals surface area contributed by atoms with Crippen LogP contribution in [0.4, 0.5) is 0 Å². The maximum absolute atomic E-state index is 4.17. The van der Waals surface area contributed by atoms with Crippen molar-refractivity contribution >= 4 is 5.96 Å². The normalized spacial score (nSPS) is 21.1. The Labute approximate surface area is 112 Å². The first-order valence-corrected chi connectivity index (χ1v) is 7.21. The fourth-order valence-corrected chi connectivity index (χ4v) is 2.63. The standard InChI is InChI=1S/C14H30N4/c1-11(2)13(10-17-14(15-4)16-5)18-8-6-12(3)7-9-18/h11-13H,6-10H2,1-5H3,(H2,15,16,17). The molecule has 0 amide bonds. The van der Waals surface area contributed by atoms with Crippen LogP contribution in [0.25, 0.3) is 0 Å². The molecule has 106 valence electrons. The third-order valence-electron chi connectivity index (χ3n) is 4.00. The van der Waals surface area contributed by atoms with Crippen LogP contribution >= 0.6 is 0 Å². The van der Waals surface area contributed by atoms with E-state index in [2.05, 4.69) is 41.3 Å². The second kappa shape index (κ2) is 7.62. The fourth-order valence-electron chi connectivity index (χ4n) is 2.63. The molecule has 0 spiro atoms. The summed E-state index contributed by atoms with van der Waals surface area (Å²) in [5, 5.41) is 6.48. The molecule has 0 aliphatic carbocycles. The van der Waals surface area contributed by atoms with E-state index in [0.717, 1.165) is 18.4 Å². The van der Waals surface area contributed by atoms with E-state index in [9.17, 15) is 0 Å². The smallest absolute Gasteiger partial charge is 0.190 e. The van der Waals surface area contributed by atoms with Crippen LogP contribution in [0.5, 0.6) is 0 Å². The van der Waals surface area contributed by atoms with E-state index in [1.54, 1.807) is 0 Å². The van der Waals surface area contributed by atoms with Crippen molar-refractivity contribution in [3.63, 3.8) is 0 Å². The minimum absolute atomic E-state index is 0.600. The molecule has 0 aromatic heterocycles. The summed E-state index contributed by atoms with van der Waals surface area (Å²) in [6, 6.07) is 0.600. The maximum Gasteiger partial charge on any atom is 0.190 e. The average Bonchev–Trinajstić information content (AvgIpc) is 2.36. The second-order valence-electron chi connectivity index (χ2n) is 5.73. The van der Waals surface area contributed by atoms with Crippen molar-refractivity contribution in [1.29, 1.82) is 0 Å². The van der Waals surface area contributed by atoms with Crippen LogP contribution in [0, 0.1) is 11.8 Å². The van der Waals surface area contributed by atoms with Crippen LogP contribution in [0.2, 0.25) is 0 Å². The molecule has 1 unspecified atom stereocenters. The summed E-state index contributed by atoms with van der Waals surface area (Å²) in [6.45, 7) is 10.4. The molecule has 1 fully saturated rings. The van der Waals surface area contributed by atoms with Crippen LogP contribution in [0.15, 0.2) is 4.99 Å². The molecular formula is C14H30N4. The predicted octanol–water partition coefficient (Wildman–Crippen LogP) is 1.54. The molecule has 1 heterocycles. The molecule has 18 heavy (non-hydrogen) atoms. The highest BCUT2D eigenvalue weighted by atomic mass is 15.2. The molecule has 0 saturated carbocycles. The molecule has 2 N–H and O–H groups in total. The van der Waals surface area contributed by atoms with Crippen LogP contribution in [0.1, 0.15) is 33.6 Å². The third kappa shape index (κ3) is 4.48. The van der Waals surface area contributed by atoms with Crippen molar-refractivity contribution in [3.8, 4) is 0 Å². The van der Waals surface area contributed by atoms with Gasteiger partial charge in [-0.05, 0) is 37.8 Å². The summed E-state index contributed by atoms with van der Waals surface area (Å²) in [5.41, 5.74) is 0. The number of piperidine rings is 1. The van der Waals surface area contributed by atoms with Gasteiger partial charge in [0.05, 0.1) is 0 Å². The van der Waals surface area contributed by atoms with Gasteiger partial charge < -0.3 is 10.6 Å². The highest BCUT2D eigenvalue weighted by molar-refractivity contribution is 5.79. The highest BCUT2D eigenvalue weighted by Gasteiger charge is 2.25. The van der Waals surface area contributed by atoms with Crippen molar-refractivity contribution in [2.24, 2.45) is 16.8 Å². The number of likely N-dealkylation sites (tertiary alicyclic amines) is 1. The Bertz CT molecular complexity index is 255. The number of nitrogens with one attached hydrogen (secondary N) is 2. The Morgan fingerprint density at radius 1 is 1.33 bits per heavy atom. The number of guanidine groups is 1. The molecule has 1 aliphatic rings. The zero-order chi connectivity index (χ0) is 13.5. The van der Waals surface area contributed by atoms with E-state index in [1.165, 1.54) is 25.9 Å². The van der Waals surface area contributed by atoms with E-state index in [-0.39, 0.29) is 0 Å². The lowest BCUT2D eigenvalue weighted by molar-refractivity contribution is 0.110. The van der Waals surface area contributed by atoms with Crippen molar-refractivity contribution in [2.75, 3.05) is 33.7 Å². The van der Waals surface area contributed by atoms with Gasteiger partial charge in [-0.3, -0.25) is 9.89 Å². The molecule has 1 rings (SSSR count). The number of rotatable bonds is 4. The Balaban J connectivity index is 2.49. The largest absolute Gasteiger partial charge is 0.359 e. The Morgan fingerprint density at radius 2 is 1.94 bits per heavy atom. The summed E-state index contributed by atoms with van der Waals surface area (Å²) in [7, 11) is 3.72. The van der Waals surface area contributed by atoms with Crippen LogP contribution in [-0.2, 0) is 0 Å². The van der Waals surface area contributed by atoms with Gasteiger partial charge in [-0.2, -0.15) is 0 Å². The lowest BCUT2D eigenvalue weighted by atomic mass is 9.94. The van der Waals surface area contributed by atoms with Gasteiger partial charge in [-0.1, -0.05) is 20.8 Å². The van der Waals surface area contributed by atoms with E-state index < -0.39 is 0 Å². The van der Waals surface area contributed by atoms with E-state index in [0.29, 0.717) is 12.0 Å². The van der Waals surface area contributed by atoms with Crippen molar-refractivity contribution in [3.05, 3.63) is 0 Å². The van der Waals surface area contributed by atoms with Gasteiger partial charge in [0.1, 0.15) is 0 Å². The van der Waals surface area contributed by atoms with Crippen LogP contribution in [0.3, 0.4) is 0 Å². The van der Waals surface area contributed by atoms with Gasteiger partial charge in [-0.15, -0.1) is 0 Å². The topological polar surface area (TPSA) is 39.7 Å². The lowest BCUT2D eigenvalue weighted by Gasteiger charge is -2.39. The molecule has 4 heteroatoms. The van der Waals surface area contributed by atoms with Crippen LogP contribution < -0.4 is 10.6 Å². The van der Waals surface area contributed by atoms with Crippen LogP contribution in [-0.4, -0.2) is 50.6 Å². The van der Waals surface area contributed by atoms with E-state index in [4.69, 9.17) is 0 Å². The molecule has 0 radical (unpaired) electrons. The van der Waals surface area contributed by atoms with Gasteiger partial charge in [0.15, 0.2) is 5.96 Å². The summed E-state index contributed by atoms with van der Waals surface area (Å²) in [4.78, 5) is 6.81. The lowest BCUT2D eigenvalue weighted by Crippen LogP contribution is -2.51. The minimum Gasteiger partial charge on any atom is -0.359 e. The molecule has 0 aromatic rings. The zero-order valence-corrected chi connectivity index (χ0v) is 12.7. The first-order valence-electron chi connectivity index (χ1n) is 7.21. The first kappa shape index (κ1) is 15.3. The molecular weight excluding hydrogens is 224 g/mol. The van der Waals surface area contributed by atoms with E-state index in [1.807, 2.05) is 14.1 Å². The second-order valence-corrected chi connectivity index (χ2v) is 5.73. The number of hydrogen-bond donors (Lipinski definition) is 2. The summed E-state index contributed by atoms with van der Waals surface area (Å²) in [5.74, 6) is 2.44. The monoisotopic (exact) mass is 254 g/mol.